The number of sulfonamides is 1. The lowest BCUT2D eigenvalue weighted by molar-refractivity contribution is 0.100. The van der Waals surface area contributed by atoms with Crippen LogP contribution in [0.2, 0.25) is 5.02 Å². The predicted octanol–water partition coefficient (Wildman–Crippen LogP) is 3.29. The lowest BCUT2D eigenvalue weighted by Gasteiger charge is -2.08. The molecule has 9 nitrogen and oxygen atoms in total. The molecule has 0 aliphatic carbocycles. The summed E-state index contributed by atoms with van der Waals surface area (Å²) in [6.45, 7) is 4.96. The van der Waals surface area contributed by atoms with Crippen molar-refractivity contribution in [3.8, 4) is 4.90 Å². The molecule has 0 radical (unpaired) electrons. The number of nitrogens with one attached hydrogen (secondary N) is 1. The van der Waals surface area contributed by atoms with E-state index in [9.17, 15) is 21.6 Å². The number of carbonyl (C=O) groups is 1. The van der Waals surface area contributed by atoms with Gasteiger partial charge < -0.3 is 10.3 Å². The van der Waals surface area contributed by atoms with Gasteiger partial charge in [0.15, 0.2) is 14.7 Å². The molecule has 0 bridgehead atoms. The van der Waals surface area contributed by atoms with E-state index in [-0.39, 0.29) is 26.4 Å². The van der Waals surface area contributed by atoms with Gasteiger partial charge in [0.25, 0.3) is 20.8 Å². The molecular formula is C18H19ClN3O6S3+. The minimum atomic E-state index is -4.35. The molecule has 3 aromatic rings. The number of halogens is 1. The summed E-state index contributed by atoms with van der Waals surface area (Å²) in [5, 5.41) is 5.00. The summed E-state index contributed by atoms with van der Waals surface area (Å²) in [7, 11) is -9.35. The Labute approximate surface area is 187 Å². The number of thiophene rings is 1. The Morgan fingerprint density at radius 2 is 1.81 bits per heavy atom. The zero-order chi connectivity index (χ0) is 23.3. The van der Waals surface area contributed by atoms with Gasteiger partial charge in [0.2, 0.25) is 4.90 Å². The van der Waals surface area contributed by atoms with Crippen LogP contribution >= 0.6 is 22.1 Å². The van der Waals surface area contributed by atoms with Gasteiger partial charge in [0, 0.05) is 28.4 Å². The molecule has 166 valence electrons. The molecule has 0 spiro atoms. The number of hydrogen-bond acceptors (Lipinski definition) is 7. The first-order valence-electron chi connectivity index (χ1n) is 8.65. The second-order valence-electron chi connectivity index (χ2n) is 6.90. The number of amides is 1. The molecule has 31 heavy (non-hydrogen) atoms. The van der Waals surface area contributed by atoms with E-state index in [0.717, 1.165) is 6.26 Å². The highest BCUT2D eigenvalue weighted by Gasteiger charge is 2.38. The Hall–Kier alpha value is -2.41. The number of nitrogens with zero attached hydrogens (tertiary/aromatic N) is 1. The van der Waals surface area contributed by atoms with E-state index in [2.05, 4.69) is 9.88 Å². The van der Waals surface area contributed by atoms with Crippen LogP contribution in [0.3, 0.4) is 0 Å². The number of carbonyl (C=O) groups excluding carboxylic acids is 1. The molecule has 2 aromatic heterocycles. The quantitative estimate of drug-likeness (QED) is 0.489. The van der Waals surface area contributed by atoms with Crippen molar-refractivity contribution in [2.24, 2.45) is 5.73 Å². The first-order valence-corrected chi connectivity index (χ1v) is 13.7. The molecule has 3 rings (SSSR count). The van der Waals surface area contributed by atoms with Gasteiger partial charge in [-0.1, -0.05) is 22.8 Å². The third kappa shape index (κ3) is 4.33. The average Bonchev–Trinajstić information content (AvgIpc) is 3.20. The van der Waals surface area contributed by atoms with Crippen molar-refractivity contribution in [1.29, 1.82) is 0 Å². The van der Waals surface area contributed by atoms with Gasteiger partial charge in [-0.2, -0.15) is 0 Å². The number of aryl methyl sites for hydroxylation is 3. The van der Waals surface area contributed by atoms with Crippen molar-refractivity contribution >= 4 is 53.7 Å². The number of primary amides is 1. The molecule has 0 aliphatic heterocycles. The van der Waals surface area contributed by atoms with E-state index in [1.165, 1.54) is 24.4 Å². The third-order valence-electron chi connectivity index (χ3n) is 4.33. The summed E-state index contributed by atoms with van der Waals surface area (Å²) in [6, 6.07) is 4.46. The van der Waals surface area contributed by atoms with Crippen LogP contribution < -0.4 is 10.5 Å². The smallest absolute Gasteiger partial charge is 0.303 e. The van der Waals surface area contributed by atoms with E-state index in [4.69, 9.17) is 21.9 Å². The monoisotopic (exact) mass is 504 g/mol. The minimum absolute atomic E-state index is 0.0113. The van der Waals surface area contributed by atoms with Gasteiger partial charge in [0.05, 0.1) is 0 Å². The second-order valence-corrected chi connectivity index (χ2v) is 12.7. The molecule has 0 saturated heterocycles. The van der Waals surface area contributed by atoms with Crippen LogP contribution in [0, 0.1) is 20.8 Å². The highest BCUT2D eigenvalue weighted by atomic mass is 35.5. The molecule has 1 atom stereocenters. The second kappa shape index (κ2) is 7.93. The Kier molecular flexibility index (Phi) is 5.95. The highest BCUT2D eigenvalue weighted by Crippen LogP contribution is 2.45. The molecule has 1 amide bonds. The number of sulfone groups is 1. The van der Waals surface area contributed by atoms with Gasteiger partial charge in [-0.15, -0.1) is 0 Å². The summed E-state index contributed by atoms with van der Waals surface area (Å²) < 4.78 is 57.9. The minimum Gasteiger partial charge on any atom is -0.361 e. The molecule has 13 heteroatoms. The summed E-state index contributed by atoms with van der Waals surface area (Å²) in [4.78, 5) is 12.0. The van der Waals surface area contributed by atoms with Crippen molar-refractivity contribution in [2.45, 2.75) is 30.6 Å². The van der Waals surface area contributed by atoms with Crippen molar-refractivity contribution in [3.63, 3.8) is 0 Å². The number of hydrogen-bond donors (Lipinski definition) is 2. The number of aromatic nitrogens is 1. The van der Waals surface area contributed by atoms with E-state index in [1.807, 2.05) is 0 Å². The first kappa shape index (κ1) is 23.3. The van der Waals surface area contributed by atoms with Crippen LogP contribution in [-0.4, -0.2) is 34.2 Å². The lowest BCUT2D eigenvalue weighted by Crippen LogP contribution is -2.19. The van der Waals surface area contributed by atoms with Gasteiger partial charge in [-0.05, 0) is 32.4 Å². The predicted molar refractivity (Wildman–Crippen MR) is 118 cm³/mol. The third-order valence-corrected chi connectivity index (χ3v) is 9.78. The summed E-state index contributed by atoms with van der Waals surface area (Å²) >= 11 is 5.98. The maximum atomic E-state index is 13.0. The molecule has 0 saturated carbocycles. The number of rotatable bonds is 6. The van der Waals surface area contributed by atoms with Crippen molar-refractivity contribution in [1.82, 2.24) is 5.16 Å². The van der Waals surface area contributed by atoms with E-state index >= 15 is 0 Å². The summed E-state index contributed by atoms with van der Waals surface area (Å²) in [5.41, 5.74) is 7.12. The van der Waals surface area contributed by atoms with Gasteiger partial charge in [-0.3, -0.25) is 4.79 Å². The van der Waals surface area contributed by atoms with Crippen LogP contribution in [0.1, 0.15) is 26.5 Å². The highest BCUT2D eigenvalue weighted by molar-refractivity contribution is 7.93. The molecular weight excluding hydrogens is 486 g/mol. The van der Waals surface area contributed by atoms with Crippen LogP contribution in [0.5, 0.6) is 0 Å². The molecule has 0 aliphatic rings. The number of benzene rings is 1. The zero-order valence-corrected chi connectivity index (χ0v) is 20.1. The molecule has 0 fully saturated rings. The topological polar surface area (TPSA) is 149 Å². The maximum Gasteiger partial charge on any atom is 0.303 e. The van der Waals surface area contributed by atoms with E-state index in [1.54, 1.807) is 19.9 Å². The normalized spacial score (nSPS) is 12.7. The first-order chi connectivity index (χ1) is 14.2. The van der Waals surface area contributed by atoms with Crippen LogP contribution in [0.15, 0.2) is 37.9 Å². The summed E-state index contributed by atoms with van der Waals surface area (Å²) in [5.74, 6) is -1.30. The van der Waals surface area contributed by atoms with Gasteiger partial charge in [-0.25, -0.2) is 21.6 Å². The number of nitrogens with two attached hydrogens (primary N) is 1. The van der Waals surface area contributed by atoms with Crippen LogP contribution in [0.4, 0.5) is 5.88 Å². The molecule has 1 aromatic carbocycles. The lowest BCUT2D eigenvalue weighted by atomic mass is 10.2. The fraction of sp³-hybridized carbons (Fsp3) is 0.222. The van der Waals surface area contributed by atoms with Crippen molar-refractivity contribution in [2.75, 3.05) is 11.0 Å². The largest absolute Gasteiger partial charge is 0.361 e. The van der Waals surface area contributed by atoms with Crippen molar-refractivity contribution < 1.29 is 26.2 Å². The van der Waals surface area contributed by atoms with E-state index in [0.29, 0.717) is 16.0 Å². The molecule has 3 N–H and O–H groups in total. The van der Waals surface area contributed by atoms with Gasteiger partial charge >= 0.3 is 5.91 Å². The maximum absolute atomic E-state index is 13.0. The van der Waals surface area contributed by atoms with Gasteiger partial charge in [0.1, 0.15) is 21.0 Å². The Morgan fingerprint density at radius 3 is 2.32 bits per heavy atom. The average molecular weight is 505 g/mol. The van der Waals surface area contributed by atoms with Crippen molar-refractivity contribution in [3.05, 3.63) is 50.3 Å². The van der Waals surface area contributed by atoms with Crippen LogP contribution in [-0.2, 0) is 19.9 Å². The molecule has 2 heterocycles. The molecule has 1 unspecified atom stereocenters. The zero-order valence-electron chi connectivity index (χ0n) is 16.9. The summed E-state index contributed by atoms with van der Waals surface area (Å²) in [6.07, 6.45) is 1.05. The Morgan fingerprint density at radius 1 is 1.16 bits per heavy atom. The Balaban J connectivity index is 2.27. The number of anilines is 1. The van der Waals surface area contributed by atoms with Crippen LogP contribution in [0.25, 0.3) is 4.90 Å². The SMILES string of the molecule is Cc1cc(C)c(-[s+]2ccc(S(=O)(=O)Nc3onc(C)c3Cl)c2C(N)=O)c(S(C)(=O)=O)c1. The van der Waals surface area contributed by atoms with E-state index < -0.39 is 41.1 Å². The Bertz CT molecular complexity index is 1420. The fourth-order valence-electron chi connectivity index (χ4n) is 3.07. The fourth-order valence-corrected chi connectivity index (χ4v) is 8.56. The standard InChI is InChI=1S/C18H18ClN3O6S3/c1-9-7-10(2)15(13(8-9)30(4,24)25)29-6-5-12(16(29)17(20)23)31(26,27)22-18-14(19)11(3)21-28-18/h5-8H,1-4H3,(H2-,20,21,22,23)/p+1.